The summed E-state index contributed by atoms with van der Waals surface area (Å²) in [5.41, 5.74) is -1.04. The number of rotatable bonds is 6. The van der Waals surface area contributed by atoms with Crippen molar-refractivity contribution in [3.63, 3.8) is 0 Å². The number of hydrogen-bond donors (Lipinski definition) is 3. The Kier molecular flexibility index (Phi) is 4.59. The summed E-state index contributed by atoms with van der Waals surface area (Å²) in [4.78, 5) is 23.7. The summed E-state index contributed by atoms with van der Waals surface area (Å²) in [6.07, 6.45) is 0.848. The number of likely N-dealkylation sites (tertiary alicyclic amines) is 1. The molecule has 0 bridgehead atoms. The molecule has 0 aromatic heterocycles. The molecule has 1 aliphatic rings. The largest absolute Gasteiger partial charge is 0.481 e. The maximum absolute atomic E-state index is 11.4. The summed E-state index contributed by atoms with van der Waals surface area (Å²) in [6.45, 7) is 0.433. The first kappa shape index (κ1) is 15.5. The molecule has 1 unspecified atom stereocenters. The molecule has 1 heterocycles. The van der Waals surface area contributed by atoms with E-state index in [2.05, 4.69) is 0 Å². The van der Waals surface area contributed by atoms with Crippen LogP contribution in [-0.2, 0) is 15.3 Å². The smallest absolute Gasteiger partial charge is 0.321 e. The van der Waals surface area contributed by atoms with Gasteiger partial charge in [-0.05, 0) is 18.4 Å². The maximum atomic E-state index is 11.4. The topological polar surface area (TPSA) is 98.1 Å². The van der Waals surface area contributed by atoms with Gasteiger partial charge in [0.2, 0.25) is 0 Å². The van der Waals surface area contributed by atoms with Crippen LogP contribution in [0.25, 0.3) is 0 Å². The molecule has 6 nitrogen and oxygen atoms in total. The fraction of sp³-hybridized carbons (Fsp3) is 0.467. The SMILES string of the molecule is O=C(O)CCC(O)(c1ccccc1)N1CCC[C@@H]1C(=O)O. The Morgan fingerprint density at radius 1 is 1.24 bits per heavy atom. The molecular weight excluding hydrogens is 274 g/mol. The fourth-order valence-electron chi connectivity index (χ4n) is 2.91. The molecule has 21 heavy (non-hydrogen) atoms. The second-order valence-electron chi connectivity index (χ2n) is 5.27. The molecule has 0 saturated carbocycles. The summed E-state index contributed by atoms with van der Waals surface area (Å²) in [5, 5.41) is 29.2. The van der Waals surface area contributed by atoms with Crippen LogP contribution in [0.15, 0.2) is 30.3 Å². The molecule has 6 heteroatoms. The van der Waals surface area contributed by atoms with Crippen molar-refractivity contribution in [3.05, 3.63) is 35.9 Å². The van der Waals surface area contributed by atoms with Crippen molar-refractivity contribution < 1.29 is 24.9 Å². The van der Waals surface area contributed by atoms with Gasteiger partial charge in [0.25, 0.3) is 0 Å². The van der Waals surface area contributed by atoms with E-state index in [0.29, 0.717) is 24.9 Å². The molecule has 2 atom stereocenters. The third-order valence-electron chi connectivity index (χ3n) is 3.94. The summed E-state index contributed by atoms with van der Waals surface area (Å²) < 4.78 is 0. The molecular formula is C15H19NO5. The highest BCUT2D eigenvalue weighted by atomic mass is 16.4. The van der Waals surface area contributed by atoms with Gasteiger partial charge in [0, 0.05) is 19.4 Å². The predicted octanol–water partition coefficient (Wildman–Crippen LogP) is 1.25. The average Bonchev–Trinajstić information content (AvgIpc) is 2.96. The van der Waals surface area contributed by atoms with Gasteiger partial charge in [0.15, 0.2) is 0 Å². The summed E-state index contributed by atoms with van der Waals surface area (Å²) in [6, 6.07) is 7.88. The van der Waals surface area contributed by atoms with Gasteiger partial charge in [-0.1, -0.05) is 30.3 Å². The lowest BCUT2D eigenvalue weighted by Gasteiger charge is -2.39. The van der Waals surface area contributed by atoms with E-state index < -0.39 is 23.7 Å². The number of carboxylic acids is 2. The normalized spacial score (nSPS) is 21.9. The fourth-order valence-corrected chi connectivity index (χ4v) is 2.91. The number of benzene rings is 1. The number of carboxylic acid groups (broad SMARTS) is 2. The quantitative estimate of drug-likeness (QED) is 0.730. The highest BCUT2D eigenvalue weighted by Crippen LogP contribution is 2.36. The van der Waals surface area contributed by atoms with E-state index in [1.807, 2.05) is 0 Å². The molecule has 3 N–H and O–H groups in total. The first-order valence-electron chi connectivity index (χ1n) is 6.94. The standard InChI is InChI=1S/C15H19NO5/c17-13(18)8-9-15(21,11-5-2-1-3-6-11)16-10-4-7-12(16)14(19)20/h1-3,5-6,12,21H,4,7-10H2,(H,17,18)(H,19,20)/t12-,15?/m1/s1. The van der Waals surface area contributed by atoms with Gasteiger partial charge in [-0.3, -0.25) is 14.5 Å². The summed E-state index contributed by atoms with van der Waals surface area (Å²) >= 11 is 0. The zero-order valence-corrected chi connectivity index (χ0v) is 11.6. The molecule has 114 valence electrons. The average molecular weight is 293 g/mol. The molecule has 1 aromatic rings. The summed E-state index contributed by atoms with van der Waals surface area (Å²) in [5.74, 6) is -2.01. The second-order valence-corrected chi connectivity index (χ2v) is 5.27. The van der Waals surface area contributed by atoms with Crippen LogP contribution in [0, 0.1) is 0 Å². The molecule has 1 aromatic carbocycles. The zero-order chi connectivity index (χ0) is 15.5. The van der Waals surface area contributed by atoms with E-state index in [0.717, 1.165) is 0 Å². The van der Waals surface area contributed by atoms with Crippen molar-refractivity contribution in [1.29, 1.82) is 0 Å². The van der Waals surface area contributed by atoms with Crippen LogP contribution in [0.5, 0.6) is 0 Å². The van der Waals surface area contributed by atoms with Gasteiger partial charge in [-0.15, -0.1) is 0 Å². The highest BCUT2D eigenvalue weighted by Gasteiger charge is 2.45. The Hall–Kier alpha value is -1.92. The summed E-state index contributed by atoms with van der Waals surface area (Å²) in [7, 11) is 0. The van der Waals surface area contributed by atoms with Crippen molar-refractivity contribution in [2.24, 2.45) is 0 Å². The Bertz CT molecular complexity index is 518. The minimum Gasteiger partial charge on any atom is -0.481 e. The molecule has 1 aliphatic heterocycles. The lowest BCUT2D eigenvalue weighted by molar-refractivity contribution is -0.165. The molecule has 2 rings (SSSR count). The number of aliphatic hydroxyl groups is 1. The Labute approximate surface area is 122 Å². The first-order valence-corrected chi connectivity index (χ1v) is 6.94. The van der Waals surface area contributed by atoms with Crippen molar-refractivity contribution in [2.45, 2.75) is 37.5 Å². The predicted molar refractivity (Wildman–Crippen MR) is 74.6 cm³/mol. The lowest BCUT2D eigenvalue weighted by atomic mass is 9.94. The second kappa shape index (κ2) is 6.24. The van der Waals surface area contributed by atoms with Crippen LogP contribution in [0.2, 0.25) is 0 Å². The van der Waals surface area contributed by atoms with Gasteiger partial charge >= 0.3 is 11.9 Å². The minimum absolute atomic E-state index is 0.0455. The molecule has 0 amide bonds. The van der Waals surface area contributed by atoms with Gasteiger partial charge in [-0.25, -0.2) is 0 Å². The van der Waals surface area contributed by atoms with Gasteiger partial charge in [-0.2, -0.15) is 0 Å². The Balaban J connectivity index is 2.35. The van der Waals surface area contributed by atoms with Crippen LogP contribution in [0.1, 0.15) is 31.2 Å². The molecule has 0 aliphatic carbocycles. The van der Waals surface area contributed by atoms with Gasteiger partial charge < -0.3 is 15.3 Å². The minimum atomic E-state index is -1.57. The van der Waals surface area contributed by atoms with Crippen LogP contribution < -0.4 is 0 Å². The highest BCUT2D eigenvalue weighted by molar-refractivity contribution is 5.74. The van der Waals surface area contributed by atoms with E-state index in [4.69, 9.17) is 5.11 Å². The molecule has 1 saturated heterocycles. The van der Waals surface area contributed by atoms with Gasteiger partial charge in [0.1, 0.15) is 11.8 Å². The zero-order valence-electron chi connectivity index (χ0n) is 11.6. The first-order chi connectivity index (χ1) is 9.95. The number of aliphatic carboxylic acids is 2. The van der Waals surface area contributed by atoms with E-state index in [1.54, 1.807) is 30.3 Å². The van der Waals surface area contributed by atoms with Crippen molar-refractivity contribution in [1.82, 2.24) is 4.90 Å². The maximum Gasteiger partial charge on any atom is 0.321 e. The van der Waals surface area contributed by atoms with E-state index in [1.165, 1.54) is 4.90 Å². The van der Waals surface area contributed by atoms with Crippen LogP contribution >= 0.6 is 0 Å². The Morgan fingerprint density at radius 2 is 1.90 bits per heavy atom. The number of nitrogens with zero attached hydrogens (tertiary/aromatic N) is 1. The van der Waals surface area contributed by atoms with Crippen molar-refractivity contribution in [2.75, 3.05) is 6.54 Å². The van der Waals surface area contributed by atoms with E-state index in [9.17, 15) is 19.8 Å². The van der Waals surface area contributed by atoms with Crippen molar-refractivity contribution in [3.8, 4) is 0 Å². The van der Waals surface area contributed by atoms with Crippen LogP contribution in [-0.4, -0.2) is 44.7 Å². The van der Waals surface area contributed by atoms with E-state index in [-0.39, 0.29) is 12.8 Å². The molecule has 0 spiro atoms. The lowest BCUT2D eigenvalue weighted by Crippen LogP contribution is -2.51. The third-order valence-corrected chi connectivity index (χ3v) is 3.94. The monoisotopic (exact) mass is 293 g/mol. The molecule has 1 fully saturated rings. The van der Waals surface area contributed by atoms with Gasteiger partial charge in [0.05, 0.1) is 0 Å². The van der Waals surface area contributed by atoms with Crippen LogP contribution in [0.4, 0.5) is 0 Å². The number of carbonyl (C=O) groups is 2. The molecule has 0 radical (unpaired) electrons. The van der Waals surface area contributed by atoms with E-state index >= 15 is 0 Å². The number of hydrogen-bond acceptors (Lipinski definition) is 4. The third kappa shape index (κ3) is 3.22. The van der Waals surface area contributed by atoms with Crippen molar-refractivity contribution >= 4 is 11.9 Å². The Morgan fingerprint density at radius 3 is 2.48 bits per heavy atom. The van der Waals surface area contributed by atoms with Crippen LogP contribution in [0.3, 0.4) is 0 Å².